The lowest BCUT2D eigenvalue weighted by atomic mass is 9.72. The summed E-state index contributed by atoms with van der Waals surface area (Å²) < 4.78 is 0. The number of unbranched alkanes of at least 4 members (excludes halogenated alkanes) is 1. The molecule has 0 aliphatic heterocycles. The van der Waals surface area contributed by atoms with Crippen LogP contribution in [0.1, 0.15) is 45.4 Å². The normalized spacial score (nSPS) is 27.6. The summed E-state index contributed by atoms with van der Waals surface area (Å²) in [7, 11) is 0. The Bertz CT molecular complexity index is 376. The molecule has 2 aliphatic rings. The van der Waals surface area contributed by atoms with E-state index in [1.165, 1.54) is 0 Å². The van der Waals surface area contributed by atoms with Crippen molar-refractivity contribution in [1.29, 1.82) is 0 Å². The van der Waals surface area contributed by atoms with E-state index in [-0.39, 0.29) is 17.5 Å². The first kappa shape index (κ1) is 12.3. The summed E-state index contributed by atoms with van der Waals surface area (Å²) >= 11 is 0. The van der Waals surface area contributed by atoms with E-state index in [1.807, 2.05) is 12.2 Å². The highest BCUT2D eigenvalue weighted by molar-refractivity contribution is 6.11. The Hall–Kier alpha value is -1.18. The van der Waals surface area contributed by atoms with Gasteiger partial charge in [0.2, 0.25) is 0 Å². The molecular formula is C15H20O2. The SMILES string of the molecule is CCCCC(=O)C1CCC2CC=CC=C2C1=O. The van der Waals surface area contributed by atoms with Crippen LogP contribution in [0.15, 0.2) is 23.8 Å². The van der Waals surface area contributed by atoms with Crippen molar-refractivity contribution in [2.45, 2.75) is 45.4 Å². The molecular weight excluding hydrogens is 212 g/mol. The maximum atomic E-state index is 12.2. The van der Waals surface area contributed by atoms with Gasteiger partial charge in [-0.25, -0.2) is 0 Å². The van der Waals surface area contributed by atoms with Crippen LogP contribution in [0.3, 0.4) is 0 Å². The lowest BCUT2D eigenvalue weighted by molar-refractivity contribution is -0.132. The van der Waals surface area contributed by atoms with E-state index >= 15 is 0 Å². The predicted octanol–water partition coefficient (Wildman–Crippen LogP) is 3.23. The first-order valence-corrected chi connectivity index (χ1v) is 6.67. The van der Waals surface area contributed by atoms with Crippen LogP contribution in [0, 0.1) is 11.8 Å². The van der Waals surface area contributed by atoms with E-state index in [0.29, 0.717) is 12.3 Å². The Morgan fingerprint density at radius 2 is 2.24 bits per heavy atom. The van der Waals surface area contributed by atoms with Crippen LogP contribution >= 0.6 is 0 Å². The van der Waals surface area contributed by atoms with Gasteiger partial charge in [-0.2, -0.15) is 0 Å². The van der Waals surface area contributed by atoms with Gasteiger partial charge >= 0.3 is 0 Å². The first-order valence-electron chi connectivity index (χ1n) is 6.67. The molecule has 1 saturated carbocycles. The van der Waals surface area contributed by atoms with Crippen LogP contribution in [0.4, 0.5) is 0 Å². The molecule has 92 valence electrons. The molecule has 0 amide bonds. The van der Waals surface area contributed by atoms with E-state index in [0.717, 1.165) is 37.7 Å². The summed E-state index contributed by atoms with van der Waals surface area (Å²) in [5.41, 5.74) is 0.897. The van der Waals surface area contributed by atoms with Crippen molar-refractivity contribution in [3.05, 3.63) is 23.8 Å². The number of fused-ring (bicyclic) bond motifs is 1. The molecule has 2 heteroatoms. The molecule has 0 radical (unpaired) electrons. The van der Waals surface area contributed by atoms with Gasteiger partial charge in [0.15, 0.2) is 5.78 Å². The van der Waals surface area contributed by atoms with Crippen LogP contribution < -0.4 is 0 Å². The van der Waals surface area contributed by atoms with Crippen LogP contribution in [0.25, 0.3) is 0 Å². The fourth-order valence-corrected chi connectivity index (χ4v) is 2.77. The Kier molecular flexibility index (Phi) is 3.93. The number of ketones is 2. The number of allylic oxidation sites excluding steroid dienone is 4. The molecule has 0 aromatic carbocycles. The molecule has 0 spiro atoms. The van der Waals surface area contributed by atoms with Crippen molar-refractivity contribution >= 4 is 11.6 Å². The second kappa shape index (κ2) is 5.44. The largest absolute Gasteiger partial charge is 0.299 e. The van der Waals surface area contributed by atoms with Gasteiger partial charge in [-0.1, -0.05) is 31.6 Å². The highest BCUT2D eigenvalue weighted by atomic mass is 16.2. The van der Waals surface area contributed by atoms with E-state index in [2.05, 4.69) is 13.0 Å². The number of hydrogen-bond acceptors (Lipinski definition) is 2. The minimum absolute atomic E-state index is 0.103. The van der Waals surface area contributed by atoms with Crippen molar-refractivity contribution in [2.75, 3.05) is 0 Å². The molecule has 1 fully saturated rings. The minimum atomic E-state index is -0.337. The van der Waals surface area contributed by atoms with Gasteiger partial charge in [-0.3, -0.25) is 9.59 Å². The van der Waals surface area contributed by atoms with Crippen molar-refractivity contribution in [3.8, 4) is 0 Å². The highest BCUT2D eigenvalue weighted by Gasteiger charge is 2.36. The van der Waals surface area contributed by atoms with Crippen molar-refractivity contribution in [1.82, 2.24) is 0 Å². The van der Waals surface area contributed by atoms with E-state index in [9.17, 15) is 9.59 Å². The number of rotatable bonds is 4. The molecule has 2 rings (SSSR count). The zero-order valence-electron chi connectivity index (χ0n) is 10.4. The molecule has 0 bridgehead atoms. The Morgan fingerprint density at radius 1 is 1.41 bits per heavy atom. The Balaban J connectivity index is 2.06. The number of carbonyl (C=O) groups excluding carboxylic acids is 2. The molecule has 0 heterocycles. The molecule has 2 aliphatic carbocycles. The van der Waals surface area contributed by atoms with Gasteiger partial charge in [0.05, 0.1) is 5.92 Å². The lowest BCUT2D eigenvalue weighted by Gasteiger charge is -2.30. The topological polar surface area (TPSA) is 34.1 Å². The highest BCUT2D eigenvalue weighted by Crippen LogP contribution is 2.35. The van der Waals surface area contributed by atoms with E-state index < -0.39 is 0 Å². The number of carbonyl (C=O) groups is 2. The maximum Gasteiger partial charge on any atom is 0.169 e. The first-order chi connectivity index (χ1) is 8.24. The fourth-order valence-electron chi connectivity index (χ4n) is 2.77. The third-order valence-electron chi connectivity index (χ3n) is 3.84. The molecule has 0 saturated heterocycles. The summed E-state index contributed by atoms with van der Waals surface area (Å²) in [6.07, 6.45) is 11.2. The zero-order chi connectivity index (χ0) is 12.3. The van der Waals surface area contributed by atoms with Crippen molar-refractivity contribution in [2.24, 2.45) is 11.8 Å². The van der Waals surface area contributed by atoms with Crippen LogP contribution in [0.2, 0.25) is 0 Å². The lowest BCUT2D eigenvalue weighted by Crippen LogP contribution is -2.33. The van der Waals surface area contributed by atoms with Gasteiger partial charge in [0.25, 0.3) is 0 Å². The average molecular weight is 232 g/mol. The quantitative estimate of drug-likeness (QED) is 0.697. The number of hydrogen-bond donors (Lipinski definition) is 0. The third-order valence-corrected chi connectivity index (χ3v) is 3.84. The molecule has 2 atom stereocenters. The van der Waals surface area contributed by atoms with Crippen molar-refractivity contribution < 1.29 is 9.59 Å². The summed E-state index contributed by atoms with van der Waals surface area (Å²) in [6.45, 7) is 2.07. The van der Waals surface area contributed by atoms with Gasteiger partial charge in [0.1, 0.15) is 5.78 Å². The average Bonchev–Trinajstić information content (AvgIpc) is 2.37. The zero-order valence-corrected chi connectivity index (χ0v) is 10.4. The fraction of sp³-hybridized carbons (Fsp3) is 0.600. The van der Waals surface area contributed by atoms with Gasteiger partial charge in [-0.15, -0.1) is 0 Å². The summed E-state index contributed by atoms with van der Waals surface area (Å²) in [5, 5.41) is 0. The third kappa shape index (κ3) is 2.56. The summed E-state index contributed by atoms with van der Waals surface area (Å²) in [6, 6.07) is 0. The van der Waals surface area contributed by atoms with E-state index in [1.54, 1.807) is 0 Å². The van der Waals surface area contributed by atoms with Crippen LogP contribution in [-0.2, 0) is 9.59 Å². The molecule has 17 heavy (non-hydrogen) atoms. The maximum absolute atomic E-state index is 12.2. The second-order valence-electron chi connectivity index (χ2n) is 5.05. The molecule has 0 N–H and O–H groups in total. The van der Waals surface area contributed by atoms with Crippen LogP contribution in [0.5, 0.6) is 0 Å². The van der Waals surface area contributed by atoms with E-state index in [4.69, 9.17) is 0 Å². The molecule has 0 aromatic rings. The summed E-state index contributed by atoms with van der Waals surface area (Å²) in [4.78, 5) is 24.2. The van der Waals surface area contributed by atoms with Crippen molar-refractivity contribution in [3.63, 3.8) is 0 Å². The monoisotopic (exact) mass is 232 g/mol. The Morgan fingerprint density at radius 3 is 3.00 bits per heavy atom. The van der Waals surface area contributed by atoms with Gasteiger partial charge < -0.3 is 0 Å². The van der Waals surface area contributed by atoms with Crippen LogP contribution in [-0.4, -0.2) is 11.6 Å². The van der Waals surface area contributed by atoms with Gasteiger partial charge in [-0.05, 0) is 37.2 Å². The van der Waals surface area contributed by atoms with Gasteiger partial charge in [0, 0.05) is 6.42 Å². The standard InChI is InChI=1S/C15H20O2/c1-2-3-8-14(16)13-10-9-11-6-4-5-7-12(11)15(13)17/h4-5,7,11,13H,2-3,6,8-10H2,1H3. The molecule has 2 nitrogen and oxygen atoms in total. The summed E-state index contributed by atoms with van der Waals surface area (Å²) in [5.74, 6) is 0.302. The predicted molar refractivity (Wildman–Crippen MR) is 67.6 cm³/mol. The second-order valence-corrected chi connectivity index (χ2v) is 5.05. The smallest absolute Gasteiger partial charge is 0.169 e. The minimum Gasteiger partial charge on any atom is -0.299 e. The Labute approximate surface area is 103 Å². The molecule has 2 unspecified atom stereocenters. The molecule has 0 aromatic heterocycles. The number of Topliss-reactive ketones (excluding diaryl/α,β-unsaturated/α-hetero) is 2.